The van der Waals surface area contributed by atoms with Crippen molar-refractivity contribution in [3.8, 4) is 0 Å². The van der Waals surface area contributed by atoms with Crippen molar-refractivity contribution in [1.82, 2.24) is 16.0 Å². The van der Waals surface area contributed by atoms with Crippen molar-refractivity contribution in [3.05, 3.63) is 71.6 Å². The number of epoxide rings is 1. The largest absolute Gasteiger partial charge is 0.343 e. The Bertz CT molecular complexity index is 876. The van der Waals surface area contributed by atoms with E-state index in [9.17, 15) is 0 Å². The van der Waals surface area contributed by atoms with Crippen molar-refractivity contribution in [2.75, 3.05) is 19.7 Å². The van der Waals surface area contributed by atoms with Gasteiger partial charge in [0.05, 0.1) is 0 Å². The topological polar surface area (TPSA) is 61.0 Å². The van der Waals surface area contributed by atoms with Gasteiger partial charge in [-0.25, -0.2) is 0 Å². The maximum Gasteiger partial charge on any atom is 0.220 e. The monoisotopic (exact) mass is 456 g/mol. The van der Waals surface area contributed by atoms with Crippen LogP contribution in [0.5, 0.6) is 0 Å². The van der Waals surface area contributed by atoms with Crippen molar-refractivity contribution in [1.29, 1.82) is 0 Å². The molecule has 0 saturated carbocycles. The zero-order valence-electron chi connectivity index (χ0n) is 19.7. The molecule has 6 heteroatoms. The van der Waals surface area contributed by atoms with Gasteiger partial charge in [-0.1, -0.05) is 55.5 Å². The molecular formula is C26H37ClN4O. The van der Waals surface area contributed by atoms with Crippen LogP contribution in [0.15, 0.2) is 76.6 Å². The zero-order chi connectivity index (χ0) is 23.2. The van der Waals surface area contributed by atoms with Gasteiger partial charge >= 0.3 is 0 Å². The molecule has 1 saturated heterocycles. The Kier molecular flexibility index (Phi) is 7.99. The first kappa shape index (κ1) is 24.7. The lowest BCUT2D eigenvalue weighted by Crippen LogP contribution is -2.53. The summed E-state index contributed by atoms with van der Waals surface area (Å²) in [5.74, 6) is -0.0214. The maximum atomic E-state index is 6.02. The number of nitrogens with one attached hydrogen (secondary N) is 3. The maximum absolute atomic E-state index is 6.02. The zero-order valence-corrected chi connectivity index (χ0v) is 20.5. The molecule has 1 fully saturated rings. The summed E-state index contributed by atoms with van der Waals surface area (Å²) in [6.07, 6.45) is 20.3. The average molecular weight is 457 g/mol. The molecule has 0 radical (unpaired) electrons. The van der Waals surface area contributed by atoms with Crippen molar-refractivity contribution in [2.24, 2.45) is 16.3 Å². The minimum atomic E-state index is -0.457. The summed E-state index contributed by atoms with van der Waals surface area (Å²) in [6, 6.07) is 0. The van der Waals surface area contributed by atoms with Crippen LogP contribution in [0.25, 0.3) is 0 Å². The third-order valence-electron chi connectivity index (χ3n) is 6.83. The standard InChI is InChI=1S/C26H37ClN4O/c1-6-20(16-28-7-2)17-29-24(3,4)25(5)14-12-23(13-15-25)31-26(19-32-26)30-18-21-8-10-22(27)11-9-21/h6-8,10-14,16,21,29-31H,2,9,15,17-19H2,1,3-5H3/b20-6+,28-16-/t21-,25+,26+/m0/s1. The Morgan fingerprint density at radius 1 is 1.38 bits per heavy atom. The van der Waals surface area contributed by atoms with Gasteiger partial charge in [0.2, 0.25) is 5.85 Å². The van der Waals surface area contributed by atoms with Gasteiger partial charge in [0, 0.05) is 47.2 Å². The summed E-state index contributed by atoms with van der Waals surface area (Å²) in [5, 5.41) is 11.6. The van der Waals surface area contributed by atoms with E-state index < -0.39 is 5.85 Å². The molecule has 5 nitrogen and oxygen atoms in total. The van der Waals surface area contributed by atoms with Crippen LogP contribution >= 0.6 is 11.6 Å². The summed E-state index contributed by atoms with van der Waals surface area (Å²) >= 11 is 6.02. The number of aliphatic imine (C=N–C) groups is 1. The number of nitrogens with zero attached hydrogens (tertiary/aromatic N) is 1. The normalized spacial score (nSPS) is 30.3. The molecule has 0 aromatic carbocycles. The average Bonchev–Trinajstić information content (AvgIpc) is 3.55. The van der Waals surface area contributed by atoms with Crippen LogP contribution in [0.2, 0.25) is 0 Å². The number of hydrogen-bond donors (Lipinski definition) is 3. The predicted molar refractivity (Wildman–Crippen MR) is 135 cm³/mol. The molecule has 3 rings (SSSR count). The number of hydrogen-bond acceptors (Lipinski definition) is 5. The molecule has 1 heterocycles. The van der Waals surface area contributed by atoms with Gasteiger partial charge < -0.3 is 15.4 Å². The first-order valence-corrected chi connectivity index (χ1v) is 11.7. The quantitative estimate of drug-likeness (QED) is 0.234. The van der Waals surface area contributed by atoms with Gasteiger partial charge in [0.1, 0.15) is 6.61 Å². The van der Waals surface area contributed by atoms with Crippen molar-refractivity contribution in [3.63, 3.8) is 0 Å². The van der Waals surface area contributed by atoms with E-state index in [1.165, 1.54) is 0 Å². The van der Waals surface area contributed by atoms with E-state index in [-0.39, 0.29) is 11.0 Å². The van der Waals surface area contributed by atoms with Gasteiger partial charge in [0.15, 0.2) is 0 Å². The van der Waals surface area contributed by atoms with Crippen LogP contribution in [0.4, 0.5) is 0 Å². The summed E-state index contributed by atoms with van der Waals surface area (Å²) in [6.45, 7) is 14.8. The highest BCUT2D eigenvalue weighted by atomic mass is 35.5. The summed E-state index contributed by atoms with van der Waals surface area (Å²) < 4.78 is 5.74. The van der Waals surface area contributed by atoms with E-state index in [1.807, 2.05) is 19.2 Å². The molecule has 3 N–H and O–H groups in total. The van der Waals surface area contributed by atoms with E-state index in [0.29, 0.717) is 12.5 Å². The molecule has 32 heavy (non-hydrogen) atoms. The second-order valence-electron chi connectivity index (χ2n) is 9.48. The van der Waals surface area contributed by atoms with E-state index >= 15 is 0 Å². The van der Waals surface area contributed by atoms with Crippen LogP contribution in [-0.2, 0) is 4.74 Å². The summed E-state index contributed by atoms with van der Waals surface area (Å²) in [4.78, 5) is 4.14. The van der Waals surface area contributed by atoms with Gasteiger partial charge in [-0.15, -0.1) is 0 Å². The SMILES string of the molecule is C=C/N=C\C(=C/C)CNC(C)(C)[C@]1(C)C=CC(N[C@]2(NC[C@H]3C=CC(Cl)=CC3)CO2)=CC1. The second kappa shape index (κ2) is 10.3. The Labute approximate surface area is 198 Å². The highest BCUT2D eigenvalue weighted by Crippen LogP contribution is 2.40. The Balaban J connectivity index is 1.52. The molecule has 3 atom stereocenters. The Morgan fingerprint density at radius 3 is 2.72 bits per heavy atom. The number of allylic oxidation sites excluding steroid dienone is 6. The first-order valence-electron chi connectivity index (χ1n) is 11.4. The fourth-order valence-electron chi connectivity index (χ4n) is 3.79. The van der Waals surface area contributed by atoms with Crippen molar-refractivity contribution >= 4 is 17.8 Å². The van der Waals surface area contributed by atoms with E-state index in [4.69, 9.17) is 16.3 Å². The summed E-state index contributed by atoms with van der Waals surface area (Å²) in [5.41, 5.74) is 2.12. The van der Waals surface area contributed by atoms with Crippen molar-refractivity contribution < 1.29 is 4.74 Å². The van der Waals surface area contributed by atoms with Crippen LogP contribution in [0.3, 0.4) is 0 Å². The minimum absolute atomic E-state index is 0.0178. The van der Waals surface area contributed by atoms with Crippen LogP contribution in [0, 0.1) is 11.3 Å². The van der Waals surface area contributed by atoms with Gasteiger partial charge in [-0.2, -0.15) is 0 Å². The molecule has 0 bridgehead atoms. The second-order valence-corrected chi connectivity index (χ2v) is 9.92. The molecule has 0 aromatic rings. The van der Waals surface area contributed by atoms with Crippen LogP contribution < -0.4 is 16.0 Å². The number of halogens is 1. The smallest absolute Gasteiger partial charge is 0.220 e. The summed E-state index contributed by atoms with van der Waals surface area (Å²) in [7, 11) is 0. The molecule has 0 spiro atoms. The van der Waals surface area contributed by atoms with Gasteiger partial charge in [-0.3, -0.25) is 10.3 Å². The highest BCUT2D eigenvalue weighted by molar-refractivity contribution is 6.31. The molecule has 0 aromatic heterocycles. The van der Waals surface area contributed by atoms with Crippen LogP contribution in [0.1, 0.15) is 40.5 Å². The molecule has 1 aliphatic heterocycles. The van der Waals surface area contributed by atoms with Gasteiger partial charge in [-0.05, 0) is 57.3 Å². The third-order valence-corrected chi connectivity index (χ3v) is 7.11. The number of ether oxygens (including phenoxy) is 1. The fourth-order valence-corrected chi connectivity index (χ4v) is 3.96. The third kappa shape index (κ3) is 6.32. The first-order chi connectivity index (χ1) is 15.2. The predicted octanol–water partition coefficient (Wildman–Crippen LogP) is 4.93. The lowest BCUT2D eigenvalue weighted by molar-refractivity contribution is 0.190. The molecule has 0 amide bonds. The lowest BCUT2D eigenvalue weighted by Gasteiger charge is -2.44. The van der Waals surface area contributed by atoms with Crippen LogP contribution in [-0.4, -0.2) is 37.3 Å². The van der Waals surface area contributed by atoms with Crippen molar-refractivity contribution in [2.45, 2.75) is 51.9 Å². The van der Waals surface area contributed by atoms with E-state index in [0.717, 1.165) is 42.2 Å². The highest BCUT2D eigenvalue weighted by Gasteiger charge is 2.46. The van der Waals surface area contributed by atoms with Gasteiger partial charge in [0.25, 0.3) is 0 Å². The molecule has 0 unspecified atom stereocenters. The fraction of sp³-hybridized carbons (Fsp3) is 0.500. The molecular weight excluding hydrogens is 420 g/mol. The molecule has 174 valence electrons. The Hall–Kier alpha value is -1.92. The lowest BCUT2D eigenvalue weighted by atomic mass is 9.68. The minimum Gasteiger partial charge on any atom is -0.343 e. The number of rotatable bonds is 11. The molecule has 3 aliphatic rings. The van der Waals surface area contributed by atoms with E-state index in [1.54, 1.807) is 6.20 Å². The Morgan fingerprint density at radius 2 is 2.16 bits per heavy atom. The molecule has 2 aliphatic carbocycles. The van der Waals surface area contributed by atoms with E-state index in [2.05, 4.69) is 84.7 Å².